The van der Waals surface area contributed by atoms with E-state index in [2.05, 4.69) is 22.5 Å². The summed E-state index contributed by atoms with van der Waals surface area (Å²) >= 11 is 0. The zero-order chi connectivity index (χ0) is 13.0. The Morgan fingerprint density at radius 2 is 2.17 bits per heavy atom. The summed E-state index contributed by atoms with van der Waals surface area (Å²) in [7, 11) is 1.91. The molecule has 0 fully saturated rings. The van der Waals surface area contributed by atoms with Gasteiger partial charge in [-0.1, -0.05) is 6.92 Å². The van der Waals surface area contributed by atoms with Crippen LogP contribution >= 0.6 is 0 Å². The Bertz CT molecular complexity index is 533. The molecule has 4 nitrogen and oxygen atoms in total. The molecule has 18 heavy (non-hydrogen) atoms. The molecule has 0 spiro atoms. The molecule has 4 heteroatoms. The summed E-state index contributed by atoms with van der Waals surface area (Å²) in [5.41, 5.74) is 1.76. The number of rotatable bonds is 5. The van der Waals surface area contributed by atoms with Gasteiger partial charge >= 0.3 is 0 Å². The van der Waals surface area contributed by atoms with Gasteiger partial charge in [-0.3, -0.25) is 4.79 Å². The molecule has 96 valence electrons. The molecular weight excluding hydrogens is 226 g/mol. The highest BCUT2D eigenvalue weighted by molar-refractivity contribution is 5.98. The first-order valence-electron chi connectivity index (χ1n) is 6.20. The highest BCUT2D eigenvalue weighted by Gasteiger charge is 2.08. The van der Waals surface area contributed by atoms with E-state index in [0.717, 1.165) is 17.4 Å². The number of nitrogens with one attached hydrogen (secondary N) is 3. The third-order valence-electron chi connectivity index (χ3n) is 2.98. The number of amides is 1. The Kier molecular flexibility index (Phi) is 3.99. The van der Waals surface area contributed by atoms with Gasteiger partial charge in [0.2, 0.25) is 0 Å². The maximum absolute atomic E-state index is 12.0. The van der Waals surface area contributed by atoms with E-state index in [4.69, 9.17) is 0 Å². The molecule has 0 aliphatic heterocycles. The smallest absolute Gasteiger partial charge is 0.251 e. The molecule has 0 saturated heterocycles. The summed E-state index contributed by atoms with van der Waals surface area (Å²) < 4.78 is 0. The van der Waals surface area contributed by atoms with E-state index in [1.165, 1.54) is 0 Å². The molecular formula is C14H19N3O. The Morgan fingerprint density at radius 1 is 1.33 bits per heavy atom. The van der Waals surface area contributed by atoms with Crippen LogP contribution in [-0.2, 0) is 0 Å². The molecule has 1 heterocycles. The first kappa shape index (κ1) is 12.6. The zero-order valence-electron chi connectivity index (χ0n) is 10.8. The third kappa shape index (κ3) is 2.90. The van der Waals surface area contributed by atoms with Crippen LogP contribution in [0.2, 0.25) is 0 Å². The molecule has 0 saturated carbocycles. The average molecular weight is 245 g/mol. The number of aromatic nitrogens is 1. The molecule has 1 aromatic heterocycles. The summed E-state index contributed by atoms with van der Waals surface area (Å²) in [4.78, 5) is 15.1. The van der Waals surface area contributed by atoms with Crippen LogP contribution in [0.3, 0.4) is 0 Å². The largest absolute Gasteiger partial charge is 0.361 e. The Labute approximate surface area is 107 Å². The predicted octanol–water partition coefficient (Wildman–Crippen LogP) is 1.75. The van der Waals surface area contributed by atoms with Crippen molar-refractivity contribution in [2.75, 3.05) is 20.1 Å². The number of H-pyrrole nitrogens is 1. The van der Waals surface area contributed by atoms with Crippen LogP contribution in [0.5, 0.6) is 0 Å². The molecule has 1 amide bonds. The van der Waals surface area contributed by atoms with Crippen LogP contribution in [0.4, 0.5) is 0 Å². The van der Waals surface area contributed by atoms with Gasteiger partial charge in [-0.05, 0) is 43.8 Å². The normalized spacial score (nSPS) is 12.6. The van der Waals surface area contributed by atoms with Crippen LogP contribution in [0.1, 0.15) is 17.3 Å². The first-order valence-corrected chi connectivity index (χ1v) is 6.20. The lowest BCUT2D eigenvalue weighted by Gasteiger charge is -2.11. The fourth-order valence-electron chi connectivity index (χ4n) is 1.98. The maximum atomic E-state index is 12.0. The molecule has 1 atom stereocenters. The van der Waals surface area contributed by atoms with Crippen molar-refractivity contribution in [1.82, 2.24) is 15.6 Å². The van der Waals surface area contributed by atoms with Gasteiger partial charge in [-0.2, -0.15) is 0 Å². The van der Waals surface area contributed by atoms with Crippen LogP contribution < -0.4 is 10.6 Å². The second kappa shape index (κ2) is 5.69. The number of benzene rings is 1. The maximum Gasteiger partial charge on any atom is 0.251 e. The van der Waals surface area contributed by atoms with Gasteiger partial charge in [0.1, 0.15) is 0 Å². The van der Waals surface area contributed by atoms with Crippen molar-refractivity contribution in [3.63, 3.8) is 0 Å². The second-order valence-electron chi connectivity index (χ2n) is 4.65. The summed E-state index contributed by atoms with van der Waals surface area (Å²) in [6.07, 6.45) is 1.88. The minimum atomic E-state index is -0.0129. The molecule has 1 aromatic carbocycles. The van der Waals surface area contributed by atoms with E-state index in [1.54, 1.807) is 0 Å². The number of aromatic amines is 1. The van der Waals surface area contributed by atoms with E-state index in [1.807, 2.05) is 37.5 Å². The van der Waals surface area contributed by atoms with Gasteiger partial charge < -0.3 is 15.6 Å². The number of hydrogen-bond acceptors (Lipinski definition) is 2. The van der Waals surface area contributed by atoms with Crippen molar-refractivity contribution in [2.45, 2.75) is 6.92 Å². The average Bonchev–Trinajstić information content (AvgIpc) is 2.83. The van der Waals surface area contributed by atoms with Crippen molar-refractivity contribution >= 4 is 16.8 Å². The minimum absolute atomic E-state index is 0.0129. The van der Waals surface area contributed by atoms with E-state index < -0.39 is 0 Å². The van der Waals surface area contributed by atoms with Crippen LogP contribution in [-0.4, -0.2) is 31.0 Å². The van der Waals surface area contributed by atoms with Crippen molar-refractivity contribution in [3.8, 4) is 0 Å². The van der Waals surface area contributed by atoms with Crippen LogP contribution in [0.15, 0.2) is 30.5 Å². The fraction of sp³-hybridized carbons (Fsp3) is 0.357. The van der Waals surface area contributed by atoms with E-state index in [0.29, 0.717) is 18.0 Å². The minimum Gasteiger partial charge on any atom is -0.361 e. The number of carbonyl (C=O) groups excluding carboxylic acids is 1. The summed E-state index contributed by atoms with van der Waals surface area (Å²) in [6.45, 7) is 3.69. The lowest BCUT2D eigenvalue weighted by atomic mass is 10.1. The van der Waals surface area contributed by atoms with Crippen molar-refractivity contribution in [1.29, 1.82) is 0 Å². The van der Waals surface area contributed by atoms with Gasteiger partial charge in [0, 0.05) is 29.2 Å². The number of fused-ring (bicyclic) bond motifs is 1. The zero-order valence-corrected chi connectivity index (χ0v) is 10.8. The van der Waals surface area contributed by atoms with Gasteiger partial charge in [0.15, 0.2) is 0 Å². The lowest BCUT2D eigenvalue weighted by molar-refractivity contribution is 0.0948. The molecule has 0 aliphatic carbocycles. The van der Waals surface area contributed by atoms with Crippen molar-refractivity contribution < 1.29 is 4.79 Å². The van der Waals surface area contributed by atoms with Gasteiger partial charge in [0.05, 0.1) is 0 Å². The standard InChI is InChI=1S/C14H19N3O/c1-10(8-15-2)9-17-14(18)12-3-4-13-11(7-12)5-6-16-13/h3-7,10,15-16H,8-9H2,1-2H3,(H,17,18). The van der Waals surface area contributed by atoms with Gasteiger partial charge in [0.25, 0.3) is 5.91 Å². The van der Waals surface area contributed by atoms with E-state index >= 15 is 0 Å². The molecule has 0 bridgehead atoms. The number of hydrogen-bond donors (Lipinski definition) is 3. The fourth-order valence-corrected chi connectivity index (χ4v) is 1.98. The third-order valence-corrected chi connectivity index (χ3v) is 2.98. The summed E-state index contributed by atoms with van der Waals surface area (Å²) in [5, 5.41) is 7.11. The quantitative estimate of drug-likeness (QED) is 0.751. The Balaban J connectivity index is 1.99. The van der Waals surface area contributed by atoms with Crippen LogP contribution in [0, 0.1) is 5.92 Å². The second-order valence-corrected chi connectivity index (χ2v) is 4.65. The predicted molar refractivity (Wildman–Crippen MR) is 73.7 cm³/mol. The van der Waals surface area contributed by atoms with Crippen LogP contribution in [0.25, 0.3) is 10.9 Å². The molecule has 2 rings (SSSR count). The topological polar surface area (TPSA) is 56.9 Å². The Hall–Kier alpha value is -1.81. The summed E-state index contributed by atoms with van der Waals surface area (Å²) in [5.74, 6) is 0.413. The van der Waals surface area contributed by atoms with E-state index in [9.17, 15) is 4.79 Å². The lowest BCUT2D eigenvalue weighted by Crippen LogP contribution is -2.32. The SMILES string of the molecule is CNCC(C)CNC(=O)c1ccc2[nH]ccc2c1. The highest BCUT2D eigenvalue weighted by atomic mass is 16.1. The summed E-state index contributed by atoms with van der Waals surface area (Å²) in [6, 6.07) is 7.65. The highest BCUT2D eigenvalue weighted by Crippen LogP contribution is 2.14. The van der Waals surface area contributed by atoms with Gasteiger partial charge in [-0.25, -0.2) is 0 Å². The van der Waals surface area contributed by atoms with Crippen molar-refractivity contribution in [3.05, 3.63) is 36.0 Å². The molecule has 0 aliphatic rings. The molecule has 1 unspecified atom stereocenters. The van der Waals surface area contributed by atoms with Crippen molar-refractivity contribution in [2.24, 2.45) is 5.92 Å². The molecule has 0 radical (unpaired) electrons. The molecule has 2 aromatic rings. The molecule has 3 N–H and O–H groups in total. The number of carbonyl (C=O) groups is 1. The van der Waals surface area contributed by atoms with E-state index in [-0.39, 0.29) is 5.91 Å². The first-order chi connectivity index (χ1) is 8.70. The van der Waals surface area contributed by atoms with Gasteiger partial charge in [-0.15, -0.1) is 0 Å². The Morgan fingerprint density at radius 3 is 2.94 bits per heavy atom. The monoisotopic (exact) mass is 245 g/mol.